The molecule has 1 unspecified atom stereocenters. The largest absolute Gasteiger partial charge is 0.381 e. The van der Waals surface area contributed by atoms with Gasteiger partial charge in [0.25, 0.3) is 0 Å². The minimum Gasteiger partial charge on any atom is -0.381 e. The molecule has 3 aliphatic rings. The lowest BCUT2D eigenvalue weighted by Crippen LogP contribution is -2.45. The molecule has 1 aliphatic carbocycles. The molecule has 4 atom stereocenters. The third-order valence-electron chi connectivity index (χ3n) is 5.85. The monoisotopic (exact) mass is 323 g/mol. The zero-order chi connectivity index (χ0) is 16.7. The van der Waals surface area contributed by atoms with E-state index < -0.39 is 0 Å². The van der Waals surface area contributed by atoms with Gasteiger partial charge in [-0.2, -0.15) is 0 Å². The molecule has 0 radical (unpaired) electrons. The highest BCUT2D eigenvalue weighted by Gasteiger charge is 2.41. The van der Waals surface area contributed by atoms with Crippen LogP contribution in [0.5, 0.6) is 0 Å². The summed E-state index contributed by atoms with van der Waals surface area (Å²) in [5.41, 5.74) is 4.21. The standard InChI is InChI=1S/C22H29NO/c1-22(2,3)16-11-12-17-19(14-16)23-20(15-8-5-4-6-9-15)18-10-7-13-24-21(17)18/h4-6,8,11-12,14-15,18,20-21,23H,7,9-10,13H2,1-3H3/t15?,18-,20-,21+/m0/s1. The van der Waals surface area contributed by atoms with Crippen molar-refractivity contribution in [3.63, 3.8) is 0 Å². The molecule has 2 nitrogen and oxygen atoms in total. The van der Waals surface area contributed by atoms with Crippen molar-refractivity contribution in [1.29, 1.82) is 0 Å². The van der Waals surface area contributed by atoms with Crippen molar-refractivity contribution in [2.75, 3.05) is 11.9 Å². The molecular formula is C22H29NO. The van der Waals surface area contributed by atoms with Crippen LogP contribution in [-0.4, -0.2) is 12.6 Å². The third kappa shape index (κ3) is 2.82. The van der Waals surface area contributed by atoms with Crippen LogP contribution < -0.4 is 5.32 Å². The number of ether oxygens (including phenoxy) is 1. The van der Waals surface area contributed by atoms with Crippen LogP contribution in [0.4, 0.5) is 5.69 Å². The van der Waals surface area contributed by atoms with E-state index in [1.54, 1.807) is 0 Å². The van der Waals surface area contributed by atoms with Crippen molar-refractivity contribution in [3.8, 4) is 0 Å². The van der Waals surface area contributed by atoms with Crippen LogP contribution in [0.2, 0.25) is 0 Å². The van der Waals surface area contributed by atoms with Gasteiger partial charge in [0.15, 0.2) is 0 Å². The molecule has 0 saturated carbocycles. The number of rotatable bonds is 1. The van der Waals surface area contributed by atoms with Crippen molar-refractivity contribution in [2.45, 2.75) is 57.6 Å². The lowest BCUT2D eigenvalue weighted by atomic mass is 9.73. The second kappa shape index (κ2) is 6.07. The fraction of sp³-hybridized carbons (Fsp3) is 0.545. The quantitative estimate of drug-likeness (QED) is 0.749. The summed E-state index contributed by atoms with van der Waals surface area (Å²) in [5.74, 6) is 1.14. The maximum Gasteiger partial charge on any atom is 0.0892 e. The smallest absolute Gasteiger partial charge is 0.0892 e. The van der Waals surface area contributed by atoms with Crippen LogP contribution in [0.3, 0.4) is 0 Å². The molecule has 1 aromatic carbocycles. The lowest BCUT2D eigenvalue weighted by molar-refractivity contribution is -0.0418. The van der Waals surface area contributed by atoms with Crippen molar-refractivity contribution >= 4 is 5.69 Å². The van der Waals surface area contributed by atoms with Gasteiger partial charge >= 0.3 is 0 Å². The average molecular weight is 323 g/mol. The molecule has 0 aromatic heterocycles. The lowest BCUT2D eigenvalue weighted by Gasteiger charge is -2.46. The molecule has 1 N–H and O–H groups in total. The summed E-state index contributed by atoms with van der Waals surface area (Å²) < 4.78 is 6.27. The number of allylic oxidation sites excluding steroid dienone is 3. The molecule has 24 heavy (non-hydrogen) atoms. The molecule has 0 spiro atoms. The van der Waals surface area contributed by atoms with Gasteiger partial charge in [-0.15, -0.1) is 0 Å². The maximum atomic E-state index is 6.27. The molecule has 2 aliphatic heterocycles. The Morgan fingerprint density at radius 1 is 1.17 bits per heavy atom. The number of hydrogen-bond acceptors (Lipinski definition) is 2. The van der Waals surface area contributed by atoms with E-state index in [2.05, 4.69) is 68.6 Å². The number of hydrogen-bond donors (Lipinski definition) is 1. The van der Waals surface area contributed by atoms with Crippen LogP contribution in [0.1, 0.15) is 57.3 Å². The van der Waals surface area contributed by atoms with Gasteiger partial charge < -0.3 is 10.1 Å². The van der Waals surface area contributed by atoms with E-state index in [9.17, 15) is 0 Å². The summed E-state index contributed by atoms with van der Waals surface area (Å²) in [6, 6.07) is 7.43. The first-order chi connectivity index (χ1) is 11.5. The van der Waals surface area contributed by atoms with Gasteiger partial charge in [-0.05, 0) is 36.3 Å². The van der Waals surface area contributed by atoms with Gasteiger partial charge in [0.05, 0.1) is 6.10 Å². The minimum absolute atomic E-state index is 0.171. The topological polar surface area (TPSA) is 21.3 Å². The van der Waals surface area contributed by atoms with E-state index in [0.717, 1.165) is 13.0 Å². The Bertz CT molecular complexity index is 667. The second-order valence-corrected chi connectivity index (χ2v) is 8.53. The van der Waals surface area contributed by atoms with Gasteiger partial charge in [-0.3, -0.25) is 0 Å². The summed E-state index contributed by atoms with van der Waals surface area (Å²) in [6.45, 7) is 7.74. The predicted molar refractivity (Wildman–Crippen MR) is 100 cm³/mol. The zero-order valence-electron chi connectivity index (χ0n) is 15.1. The summed E-state index contributed by atoms with van der Waals surface area (Å²) in [7, 11) is 0. The van der Waals surface area contributed by atoms with Crippen LogP contribution in [0.15, 0.2) is 42.5 Å². The van der Waals surface area contributed by atoms with Crippen molar-refractivity contribution in [3.05, 3.63) is 53.6 Å². The van der Waals surface area contributed by atoms with Gasteiger partial charge in [-0.1, -0.05) is 57.2 Å². The Hall–Kier alpha value is -1.54. The highest BCUT2D eigenvalue weighted by atomic mass is 16.5. The molecule has 128 valence electrons. The molecule has 2 heteroatoms. The second-order valence-electron chi connectivity index (χ2n) is 8.53. The molecule has 4 rings (SSSR count). The number of anilines is 1. The molecule has 0 bridgehead atoms. The number of fused-ring (bicyclic) bond motifs is 3. The van der Waals surface area contributed by atoms with Gasteiger partial charge in [-0.25, -0.2) is 0 Å². The minimum atomic E-state index is 0.171. The highest BCUT2D eigenvalue weighted by Crippen LogP contribution is 2.47. The van der Waals surface area contributed by atoms with E-state index >= 15 is 0 Å². The summed E-state index contributed by atoms with van der Waals surface area (Å²) in [6.07, 6.45) is 12.9. The maximum absolute atomic E-state index is 6.27. The van der Waals surface area contributed by atoms with Crippen LogP contribution >= 0.6 is 0 Å². The van der Waals surface area contributed by atoms with Crippen molar-refractivity contribution < 1.29 is 4.74 Å². The molecular weight excluding hydrogens is 294 g/mol. The summed E-state index contributed by atoms with van der Waals surface area (Å²) >= 11 is 0. The Morgan fingerprint density at radius 3 is 2.79 bits per heavy atom. The van der Waals surface area contributed by atoms with Crippen LogP contribution in [0, 0.1) is 11.8 Å². The highest BCUT2D eigenvalue weighted by molar-refractivity contribution is 5.59. The molecule has 2 heterocycles. The predicted octanol–water partition coefficient (Wildman–Crippen LogP) is 5.38. The molecule has 0 amide bonds. The zero-order valence-corrected chi connectivity index (χ0v) is 15.1. The Balaban J connectivity index is 1.72. The van der Waals surface area contributed by atoms with Crippen LogP contribution in [-0.2, 0) is 10.2 Å². The first-order valence-corrected chi connectivity index (χ1v) is 9.40. The van der Waals surface area contributed by atoms with Crippen LogP contribution in [0.25, 0.3) is 0 Å². The summed E-state index contributed by atoms with van der Waals surface area (Å²) in [4.78, 5) is 0. The van der Waals surface area contributed by atoms with Gasteiger partial charge in [0, 0.05) is 35.7 Å². The average Bonchev–Trinajstić information content (AvgIpc) is 2.60. The third-order valence-corrected chi connectivity index (χ3v) is 5.85. The van der Waals surface area contributed by atoms with Crippen molar-refractivity contribution in [2.24, 2.45) is 11.8 Å². The molecule has 1 aromatic rings. The van der Waals surface area contributed by atoms with Crippen molar-refractivity contribution in [1.82, 2.24) is 0 Å². The fourth-order valence-corrected chi connectivity index (χ4v) is 4.47. The Labute approximate surface area is 146 Å². The Kier molecular flexibility index (Phi) is 4.04. The van der Waals surface area contributed by atoms with E-state index in [4.69, 9.17) is 4.74 Å². The Morgan fingerprint density at radius 2 is 2.04 bits per heavy atom. The fourth-order valence-electron chi connectivity index (χ4n) is 4.47. The van der Waals surface area contributed by atoms with E-state index in [1.807, 2.05) is 0 Å². The summed E-state index contributed by atoms with van der Waals surface area (Å²) in [5, 5.41) is 3.91. The van der Waals surface area contributed by atoms with Gasteiger partial charge in [0.1, 0.15) is 0 Å². The normalized spacial score (nSPS) is 32.0. The first kappa shape index (κ1) is 16.0. The van der Waals surface area contributed by atoms with E-state index in [-0.39, 0.29) is 11.5 Å². The number of benzene rings is 1. The van der Waals surface area contributed by atoms with E-state index in [0.29, 0.717) is 17.9 Å². The molecule has 1 saturated heterocycles. The molecule has 1 fully saturated rings. The number of nitrogens with one attached hydrogen (secondary N) is 1. The van der Waals surface area contributed by atoms with E-state index in [1.165, 1.54) is 29.7 Å². The van der Waals surface area contributed by atoms with Gasteiger partial charge in [0.2, 0.25) is 0 Å². The first-order valence-electron chi connectivity index (χ1n) is 9.40. The SMILES string of the molecule is CC(C)(C)c1ccc2c(c1)N[C@@H](C1C=CC=CC1)[C@@H]1CCCO[C@H]21.